The summed E-state index contributed by atoms with van der Waals surface area (Å²) in [6.07, 6.45) is 4.69. The van der Waals surface area contributed by atoms with Crippen LogP contribution >= 0.6 is 0 Å². The van der Waals surface area contributed by atoms with Gasteiger partial charge in [0.2, 0.25) is 5.91 Å². The van der Waals surface area contributed by atoms with Gasteiger partial charge in [-0.3, -0.25) is 4.79 Å². The number of aromatic nitrogens is 2. The van der Waals surface area contributed by atoms with Crippen molar-refractivity contribution in [2.45, 2.75) is 44.9 Å². The van der Waals surface area contributed by atoms with Gasteiger partial charge in [-0.1, -0.05) is 20.8 Å². The van der Waals surface area contributed by atoms with E-state index in [9.17, 15) is 4.79 Å². The van der Waals surface area contributed by atoms with E-state index in [1.807, 2.05) is 19.3 Å². The van der Waals surface area contributed by atoms with Crippen LogP contribution in [0, 0.1) is 0 Å². The third-order valence-corrected chi connectivity index (χ3v) is 4.40. The molecule has 106 valence electrons. The number of H-pyrrole nitrogens is 1. The molecule has 2 N–H and O–H groups in total. The lowest BCUT2D eigenvalue weighted by molar-refractivity contribution is -0.123. The highest BCUT2D eigenvalue weighted by atomic mass is 16.2. The van der Waals surface area contributed by atoms with Crippen LogP contribution in [0.25, 0.3) is 11.0 Å². The number of hydrogen-bond acceptors (Lipinski definition) is 2. The Labute approximate surface area is 119 Å². The summed E-state index contributed by atoms with van der Waals surface area (Å²) >= 11 is 0. The van der Waals surface area contributed by atoms with Crippen LogP contribution in [0.15, 0.2) is 18.5 Å². The van der Waals surface area contributed by atoms with Crippen molar-refractivity contribution in [3.05, 3.63) is 29.6 Å². The van der Waals surface area contributed by atoms with E-state index in [2.05, 4.69) is 42.1 Å². The molecule has 4 nitrogen and oxygen atoms in total. The topological polar surface area (TPSA) is 57.8 Å². The van der Waals surface area contributed by atoms with Crippen molar-refractivity contribution >= 4 is 16.9 Å². The van der Waals surface area contributed by atoms with Gasteiger partial charge in [-0.05, 0) is 36.0 Å². The summed E-state index contributed by atoms with van der Waals surface area (Å²) in [6.45, 7) is 9.28. The molecule has 0 saturated carbocycles. The largest absolute Gasteiger partial charge is 0.355 e. The van der Waals surface area contributed by atoms with E-state index >= 15 is 0 Å². The van der Waals surface area contributed by atoms with Crippen LogP contribution in [0.5, 0.6) is 0 Å². The number of carbonyl (C=O) groups excluding carboxylic acids is 1. The summed E-state index contributed by atoms with van der Waals surface area (Å²) in [5.41, 5.74) is 2.70. The standard InChI is InChI=1S/C16H21N3O/c1-15(2,3)10-7-11-12(9-19-13(11)18-8-10)16(4)5-6-17-14(16)20/h7-9H,5-6H2,1-4H3,(H,17,20)(H,18,19). The number of pyridine rings is 1. The lowest BCUT2D eigenvalue weighted by Crippen LogP contribution is -2.32. The lowest BCUT2D eigenvalue weighted by Gasteiger charge is -2.21. The normalized spacial score (nSPS) is 23.3. The molecule has 1 aliphatic heterocycles. The molecule has 1 atom stereocenters. The zero-order valence-corrected chi connectivity index (χ0v) is 12.5. The van der Waals surface area contributed by atoms with Crippen molar-refractivity contribution in [1.82, 2.24) is 15.3 Å². The minimum Gasteiger partial charge on any atom is -0.355 e. The van der Waals surface area contributed by atoms with Crippen molar-refractivity contribution in [3.8, 4) is 0 Å². The van der Waals surface area contributed by atoms with Gasteiger partial charge < -0.3 is 10.3 Å². The highest BCUT2D eigenvalue weighted by molar-refractivity contribution is 5.95. The van der Waals surface area contributed by atoms with Crippen molar-refractivity contribution in [2.24, 2.45) is 0 Å². The van der Waals surface area contributed by atoms with Crippen molar-refractivity contribution in [3.63, 3.8) is 0 Å². The second kappa shape index (κ2) is 4.08. The first-order valence-electron chi connectivity index (χ1n) is 7.09. The summed E-state index contributed by atoms with van der Waals surface area (Å²) in [7, 11) is 0. The van der Waals surface area contributed by atoms with Gasteiger partial charge in [-0.2, -0.15) is 0 Å². The van der Waals surface area contributed by atoms with Crippen LogP contribution < -0.4 is 5.32 Å². The highest BCUT2D eigenvalue weighted by Gasteiger charge is 2.41. The molecule has 1 fully saturated rings. The van der Waals surface area contributed by atoms with Crippen LogP contribution in [-0.4, -0.2) is 22.4 Å². The third-order valence-electron chi connectivity index (χ3n) is 4.40. The van der Waals surface area contributed by atoms with E-state index in [1.54, 1.807) is 0 Å². The first-order chi connectivity index (χ1) is 9.32. The molecule has 3 heterocycles. The van der Waals surface area contributed by atoms with E-state index in [1.165, 1.54) is 5.56 Å². The molecule has 1 saturated heterocycles. The van der Waals surface area contributed by atoms with Crippen LogP contribution in [0.1, 0.15) is 45.2 Å². The van der Waals surface area contributed by atoms with Crippen molar-refractivity contribution in [2.75, 3.05) is 6.54 Å². The van der Waals surface area contributed by atoms with Gasteiger partial charge in [0, 0.05) is 24.3 Å². The predicted molar refractivity (Wildman–Crippen MR) is 79.8 cm³/mol. The number of hydrogen-bond donors (Lipinski definition) is 2. The Hall–Kier alpha value is -1.84. The molecule has 3 rings (SSSR count). The summed E-state index contributed by atoms with van der Waals surface area (Å²) in [5, 5.41) is 4.00. The summed E-state index contributed by atoms with van der Waals surface area (Å²) in [6, 6.07) is 2.17. The van der Waals surface area contributed by atoms with Gasteiger partial charge >= 0.3 is 0 Å². The number of fused-ring (bicyclic) bond motifs is 1. The van der Waals surface area contributed by atoms with E-state index in [-0.39, 0.29) is 11.3 Å². The number of rotatable bonds is 1. The quantitative estimate of drug-likeness (QED) is 0.837. The first-order valence-corrected chi connectivity index (χ1v) is 7.09. The summed E-state index contributed by atoms with van der Waals surface area (Å²) in [4.78, 5) is 19.9. The Bertz CT molecular complexity index is 681. The van der Waals surface area contributed by atoms with E-state index in [4.69, 9.17) is 0 Å². The molecule has 1 unspecified atom stereocenters. The van der Waals surface area contributed by atoms with E-state index in [0.717, 1.165) is 29.6 Å². The molecule has 0 aliphatic carbocycles. The molecule has 0 radical (unpaired) electrons. The number of amides is 1. The van der Waals surface area contributed by atoms with Gasteiger partial charge in [0.05, 0.1) is 5.41 Å². The van der Waals surface area contributed by atoms with Gasteiger partial charge in [0.1, 0.15) is 5.65 Å². The van der Waals surface area contributed by atoms with E-state index in [0.29, 0.717) is 0 Å². The fraction of sp³-hybridized carbons (Fsp3) is 0.500. The third kappa shape index (κ3) is 1.82. The SMILES string of the molecule is CC(C)(C)c1cnc2[nH]cc(C3(C)CCNC3=O)c2c1. The lowest BCUT2D eigenvalue weighted by atomic mass is 9.80. The van der Waals surface area contributed by atoms with Gasteiger partial charge in [0.25, 0.3) is 0 Å². The van der Waals surface area contributed by atoms with Crippen molar-refractivity contribution < 1.29 is 4.79 Å². The van der Waals surface area contributed by atoms with Gasteiger partial charge in [-0.15, -0.1) is 0 Å². The first kappa shape index (κ1) is 13.2. The fourth-order valence-corrected chi connectivity index (χ4v) is 2.86. The van der Waals surface area contributed by atoms with Gasteiger partial charge in [-0.25, -0.2) is 4.98 Å². The molecule has 0 spiro atoms. The summed E-state index contributed by atoms with van der Waals surface area (Å²) < 4.78 is 0. The average molecular weight is 271 g/mol. The fourth-order valence-electron chi connectivity index (χ4n) is 2.86. The Balaban J connectivity index is 2.20. The second-order valence-corrected chi connectivity index (χ2v) is 6.91. The minimum atomic E-state index is -0.448. The number of nitrogens with one attached hydrogen (secondary N) is 2. The molecule has 4 heteroatoms. The molecule has 2 aromatic rings. The number of aromatic amines is 1. The smallest absolute Gasteiger partial charge is 0.230 e. The van der Waals surface area contributed by atoms with Gasteiger partial charge in [0.15, 0.2) is 0 Å². The molecule has 0 aromatic carbocycles. The molecule has 20 heavy (non-hydrogen) atoms. The number of nitrogens with zero attached hydrogens (tertiary/aromatic N) is 1. The molecule has 1 aliphatic rings. The Kier molecular flexibility index (Phi) is 2.68. The maximum Gasteiger partial charge on any atom is 0.230 e. The Morgan fingerprint density at radius 2 is 2.10 bits per heavy atom. The van der Waals surface area contributed by atoms with Crippen LogP contribution in [0.3, 0.4) is 0 Å². The molecule has 0 bridgehead atoms. The van der Waals surface area contributed by atoms with Crippen molar-refractivity contribution in [1.29, 1.82) is 0 Å². The Morgan fingerprint density at radius 1 is 1.35 bits per heavy atom. The number of carbonyl (C=O) groups is 1. The maximum atomic E-state index is 12.2. The maximum absolute atomic E-state index is 12.2. The zero-order valence-electron chi connectivity index (χ0n) is 12.5. The second-order valence-electron chi connectivity index (χ2n) is 6.91. The monoisotopic (exact) mass is 271 g/mol. The van der Waals surface area contributed by atoms with E-state index < -0.39 is 5.41 Å². The van der Waals surface area contributed by atoms with Crippen LogP contribution in [0.2, 0.25) is 0 Å². The van der Waals surface area contributed by atoms with Crippen LogP contribution in [0.4, 0.5) is 0 Å². The molecular weight excluding hydrogens is 250 g/mol. The Morgan fingerprint density at radius 3 is 2.70 bits per heavy atom. The average Bonchev–Trinajstić information content (AvgIpc) is 2.93. The molecular formula is C16H21N3O. The minimum absolute atomic E-state index is 0.0502. The predicted octanol–water partition coefficient (Wildman–Crippen LogP) is 2.64. The zero-order chi connectivity index (χ0) is 14.5. The molecule has 2 aromatic heterocycles. The summed E-state index contributed by atoms with van der Waals surface area (Å²) in [5.74, 6) is 0.111. The molecule has 1 amide bonds. The van der Waals surface area contributed by atoms with Crippen LogP contribution in [-0.2, 0) is 15.6 Å². The highest BCUT2D eigenvalue weighted by Crippen LogP contribution is 2.36.